The fourth-order valence-corrected chi connectivity index (χ4v) is 2.41. The molecule has 22 heavy (non-hydrogen) atoms. The first kappa shape index (κ1) is 19.3. The molecular formula is C19H27IO2. The second-order valence-electron chi connectivity index (χ2n) is 5.14. The number of allylic oxidation sites excluding steroid dienone is 4. The molecule has 1 unspecified atom stereocenters. The van der Waals surface area contributed by atoms with Crippen molar-refractivity contribution < 1.29 is 9.47 Å². The highest BCUT2D eigenvalue weighted by Crippen LogP contribution is 2.09. The molecule has 0 N–H and O–H groups in total. The highest BCUT2D eigenvalue weighted by atomic mass is 127. The van der Waals surface area contributed by atoms with Gasteiger partial charge in [0, 0.05) is 17.3 Å². The van der Waals surface area contributed by atoms with Crippen LogP contribution in [-0.4, -0.2) is 17.3 Å². The Morgan fingerprint density at radius 3 is 2.59 bits per heavy atom. The summed E-state index contributed by atoms with van der Waals surface area (Å²) in [6.45, 7) is 0.777. The van der Waals surface area contributed by atoms with Gasteiger partial charge in [0.15, 0.2) is 0 Å². The van der Waals surface area contributed by atoms with Gasteiger partial charge in [-0.2, -0.15) is 0 Å². The quantitative estimate of drug-likeness (QED) is 0.145. The predicted octanol–water partition coefficient (Wildman–Crippen LogP) is 5.54. The van der Waals surface area contributed by atoms with Gasteiger partial charge in [-0.15, -0.1) is 5.92 Å². The topological polar surface area (TPSA) is 18.5 Å². The molecule has 0 bridgehead atoms. The zero-order valence-corrected chi connectivity index (χ0v) is 15.5. The van der Waals surface area contributed by atoms with E-state index in [2.05, 4.69) is 46.6 Å². The molecule has 0 amide bonds. The lowest BCUT2D eigenvalue weighted by atomic mass is 10.1. The van der Waals surface area contributed by atoms with Gasteiger partial charge in [-0.3, -0.25) is 0 Å². The van der Waals surface area contributed by atoms with Gasteiger partial charge < -0.3 is 9.47 Å². The monoisotopic (exact) mass is 414 g/mol. The lowest BCUT2D eigenvalue weighted by Crippen LogP contribution is -2.13. The minimum atomic E-state index is -0.185. The van der Waals surface area contributed by atoms with E-state index < -0.39 is 0 Å². The molecule has 0 aliphatic carbocycles. The van der Waals surface area contributed by atoms with Crippen LogP contribution < -0.4 is 0 Å². The third-order valence-electron chi connectivity index (χ3n) is 3.25. The van der Waals surface area contributed by atoms with E-state index in [1.54, 1.807) is 6.26 Å². The molecule has 0 saturated carbocycles. The Balaban J connectivity index is 1.79. The second kappa shape index (κ2) is 15.2. The SMILES string of the molecule is ICC=CCC#CCCCCCCCCOC1C=CC=CO1. The average Bonchev–Trinajstić information content (AvgIpc) is 2.56. The molecule has 0 fully saturated rings. The largest absolute Gasteiger partial charge is 0.469 e. The van der Waals surface area contributed by atoms with Crippen molar-refractivity contribution in [1.29, 1.82) is 0 Å². The van der Waals surface area contributed by atoms with Gasteiger partial charge in [-0.1, -0.05) is 72.4 Å². The van der Waals surface area contributed by atoms with Crippen molar-refractivity contribution in [1.82, 2.24) is 0 Å². The molecular weight excluding hydrogens is 387 g/mol. The van der Waals surface area contributed by atoms with Gasteiger partial charge in [0.2, 0.25) is 6.29 Å². The van der Waals surface area contributed by atoms with Crippen LogP contribution in [0.5, 0.6) is 0 Å². The van der Waals surface area contributed by atoms with Crippen molar-refractivity contribution >= 4 is 22.6 Å². The molecule has 122 valence electrons. The Hall–Kier alpha value is -0.730. The van der Waals surface area contributed by atoms with Crippen LogP contribution in [0.25, 0.3) is 0 Å². The molecule has 3 heteroatoms. The van der Waals surface area contributed by atoms with Crippen molar-refractivity contribution in [3.05, 3.63) is 36.6 Å². The molecule has 1 aliphatic heterocycles. The summed E-state index contributed by atoms with van der Waals surface area (Å²) in [6.07, 6.45) is 20.9. The summed E-state index contributed by atoms with van der Waals surface area (Å²) in [6, 6.07) is 0. The third kappa shape index (κ3) is 11.9. The van der Waals surface area contributed by atoms with Gasteiger partial charge in [0.25, 0.3) is 0 Å². The maximum Gasteiger partial charge on any atom is 0.219 e. The first-order chi connectivity index (χ1) is 10.9. The van der Waals surface area contributed by atoms with Gasteiger partial charge in [-0.25, -0.2) is 0 Å². The van der Waals surface area contributed by atoms with Crippen LogP contribution in [0.2, 0.25) is 0 Å². The van der Waals surface area contributed by atoms with E-state index in [0.29, 0.717) is 0 Å². The van der Waals surface area contributed by atoms with Gasteiger partial charge >= 0.3 is 0 Å². The molecule has 1 atom stereocenters. The molecule has 0 aromatic rings. The van der Waals surface area contributed by atoms with Gasteiger partial charge in [0.1, 0.15) is 0 Å². The van der Waals surface area contributed by atoms with Crippen LogP contribution >= 0.6 is 22.6 Å². The summed E-state index contributed by atoms with van der Waals surface area (Å²) in [5.41, 5.74) is 0. The van der Waals surface area contributed by atoms with Crippen LogP contribution in [0.4, 0.5) is 0 Å². The molecule has 1 aliphatic rings. The van der Waals surface area contributed by atoms with Crippen LogP contribution in [0, 0.1) is 11.8 Å². The van der Waals surface area contributed by atoms with E-state index in [1.165, 1.54) is 32.1 Å². The van der Waals surface area contributed by atoms with Crippen LogP contribution in [0.1, 0.15) is 51.4 Å². The number of rotatable bonds is 11. The summed E-state index contributed by atoms with van der Waals surface area (Å²) < 4.78 is 12.0. The van der Waals surface area contributed by atoms with Crippen LogP contribution in [0.3, 0.4) is 0 Å². The lowest BCUT2D eigenvalue weighted by Gasteiger charge is -2.15. The highest BCUT2D eigenvalue weighted by Gasteiger charge is 2.04. The van der Waals surface area contributed by atoms with E-state index in [1.807, 2.05) is 18.2 Å². The Morgan fingerprint density at radius 1 is 1.00 bits per heavy atom. The van der Waals surface area contributed by atoms with E-state index in [0.717, 1.165) is 30.3 Å². The molecule has 0 aromatic carbocycles. The molecule has 0 saturated heterocycles. The number of ether oxygens (including phenoxy) is 2. The first-order valence-corrected chi connectivity index (χ1v) is 9.73. The van der Waals surface area contributed by atoms with Crippen LogP contribution in [-0.2, 0) is 9.47 Å². The smallest absolute Gasteiger partial charge is 0.219 e. The third-order valence-corrected chi connectivity index (χ3v) is 3.76. The van der Waals surface area contributed by atoms with Crippen molar-refractivity contribution in [3.63, 3.8) is 0 Å². The fraction of sp³-hybridized carbons (Fsp3) is 0.579. The summed E-state index contributed by atoms with van der Waals surface area (Å²) in [4.78, 5) is 0. The van der Waals surface area contributed by atoms with Crippen molar-refractivity contribution in [2.24, 2.45) is 0 Å². The number of hydrogen-bond donors (Lipinski definition) is 0. The summed E-state index contributed by atoms with van der Waals surface area (Å²) in [5.74, 6) is 6.43. The predicted molar refractivity (Wildman–Crippen MR) is 102 cm³/mol. The van der Waals surface area contributed by atoms with E-state index in [-0.39, 0.29) is 6.29 Å². The lowest BCUT2D eigenvalue weighted by molar-refractivity contribution is -0.0750. The maximum absolute atomic E-state index is 5.60. The average molecular weight is 414 g/mol. The zero-order chi connectivity index (χ0) is 15.7. The molecule has 0 spiro atoms. The number of unbranched alkanes of at least 4 members (excludes halogenated alkanes) is 6. The summed E-state index contributed by atoms with van der Waals surface area (Å²) in [7, 11) is 0. The maximum atomic E-state index is 5.60. The van der Waals surface area contributed by atoms with Gasteiger partial charge in [-0.05, 0) is 25.0 Å². The number of hydrogen-bond acceptors (Lipinski definition) is 2. The summed E-state index contributed by atoms with van der Waals surface area (Å²) >= 11 is 2.34. The number of halogens is 1. The molecule has 1 rings (SSSR count). The zero-order valence-electron chi connectivity index (χ0n) is 13.3. The molecule has 1 heterocycles. The minimum absolute atomic E-state index is 0.185. The fourth-order valence-electron chi connectivity index (χ4n) is 2.05. The highest BCUT2D eigenvalue weighted by molar-refractivity contribution is 14.1. The summed E-state index contributed by atoms with van der Waals surface area (Å²) in [5, 5.41) is 0. The van der Waals surface area contributed by atoms with E-state index in [9.17, 15) is 0 Å². The Labute approximate surface area is 149 Å². The molecule has 0 aromatic heterocycles. The standard InChI is InChI=1S/C19H27IO2/c20-16-12-9-7-5-3-1-2-4-6-8-10-13-17-21-19-15-11-14-18-22-19/h9,11-12,14-15,18-19H,1-2,4,6-8,10,13,16-17H2. The normalized spacial score (nSPS) is 16.5. The Bertz CT molecular complexity index is 401. The van der Waals surface area contributed by atoms with Crippen LogP contribution in [0.15, 0.2) is 36.6 Å². The number of alkyl halides is 1. The Kier molecular flexibility index (Phi) is 13.3. The minimum Gasteiger partial charge on any atom is -0.469 e. The van der Waals surface area contributed by atoms with Crippen molar-refractivity contribution in [2.45, 2.75) is 57.7 Å². The van der Waals surface area contributed by atoms with Crippen molar-refractivity contribution in [3.8, 4) is 11.8 Å². The molecule has 0 radical (unpaired) electrons. The van der Waals surface area contributed by atoms with E-state index in [4.69, 9.17) is 9.47 Å². The van der Waals surface area contributed by atoms with Crippen molar-refractivity contribution in [2.75, 3.05) is 11.0 Å². The van der Waals surface area contributed by atoms with Gasteiger partial charge in [0.05, 0.1) is 12.9 Å². The second-order valence-corrected chi connectivity index (χ2v) is 6.02. The van der Waals surface area contributed by atoms with E-state index >= 15 is 0 Å². The first-order valence-electron chi connectivity index (χ1n) is 8.20. The Morgan fingerprint density at radius 2 is 1.82 bits per heavy atom. The molecule has 2 nitrogen and oxygen atoms in total.